The molecule has 0 aliphatic carbocycles. The van der Waals surface area contributed by atoms with Crippen molar-refractivity contribution in [2.24, 2.45) is 0 Å². The number of ether oxygens (including phenoxy) is 1. The van der Waals surface area contributed by atoms with E-state index >= 15 is 0 Å². The van der Waals surface area contributed by atoms with Crippen LogP contribution in [-0.2, 0) is 10.3 Å². The number of aromatic nitrogens is 2. The van der Waals surface area contributed by atoms with Gasteiger partial charge in [-0.2, -0.15) is 0 Å². The second-order valence-corrected chi connectivity index (χ2v) is 7.33. The van der Waals surface area contributed by atoms with Gasteiger partial charge in [-0.15, -0.1) is 0 Å². The average Bonchev–Trinajstić information content (AvgIpc) is 2.97. The Morgan fingerprint density at radius 1 is 1.33 bits per heavy atom. The summed E-state index contributed by atoms with van der Waals surface area (Å²) in [5.41, 5.74) is 1.14. The summed E-state index contributed by atoms with van der Waals surface area (Å²) in [6, 6.07) is 2.30. The van der Waals surface area contributed by atoms with Crippen LogP contribution in [0, 0.1) is 6.92 Å². The summed E-state index contributed by atoms with van der Waals surface area (Å²) in [4.78, 5) is 25.9. The van der Waals surface area contributed by atoms with Gasteiger partial charge in [-0.3, -0.25) is 9.69 Å². The van der Waals surface area contributed by atoms with Crippen molar-refractivity contribution in [1.82, 2.24) is 19.8 Å². The van der Waals surface area contributed by atoms with Crippen LogP contribution < -0.4 is 0 Å². The minimum Gasteiger partial charge on any atom is -0.381 e. The van der Waals surface area contributed by atoms with Gasteiger partial charge in [0.05, 0.1) is 5.54 Å². The second-order valence-electron chi connectivity index (χ2n) is 7.33. The predicted octanol–water partition coefficient (Wildman–Crippen LogP) is 1.98. The molecule has 2 saturated heterocycles. The predicted molar refractivity (Wildman–Crippen MR) is 91.9 cm³/mol. The molecule has 3 heterocycles. The van der Waals surface area contributed by atoms with E-state index in [1.54, 1.807) is 25.1 Å². The van der Waals surface area contributed by atoms with E-state index in [0.29, 0.717) is 11.7 Å². The molecule has 2 aliphatic rings. The molecule has 0 saturated carbocycles. The van der Waals surface area contributed by atoms with Crippen LogP contribution >= 0.6 is 0 Å². The van der Waals surface area contributed by atoms with Gasteiger partial charge in [-0.05, 0) is 52.1 Å². The van der Waals surface area contributed by atoms with Gasteiger partial charge in [0.15, 0.2) is 0 Å². The fraction of sp³-hybridized carbons (Fsp3) is 0.722. The number of amides is 1. The molecule has 1 atom stereocenters. The lowest BCUT2D eigenvalue weighted by atomic mass is 9.94. The van der Waals surface area contributed by atoms with Crippen molar-refractivity contribution in [3.63, 3.8) is 0 Å². The Balaban J connectivity index is 1.95. The van der Waals surface area contributed by atoms with Crippen LogP contribution in [0.1, 0.15) is 54.6 Å². The van der Waals surface area contributed by atoms with Gasteiger partial charge >= 0.3 is 0 Å². The molecule has 1 aromatic rings. The maximum absolute atomic E-state index is 12.4. The van der Waals surface area contributed by atoms with E-state index in [2.05, 4.69) is 16.8 Å². The van der Waals surface area contributed by atoms with Crippen LogP contribution in [0.3, 0.4) is 0 Å². The maximum atomic E-state index is 12.4. The summed E-state index contributed by atoms with van der Waals surface area (Å²) >= 11 is 0. The van der Waals surface area contributed by atoms with E-state index in [4.69, 9.17) is 9.72 Å². The summed E-state index contributed by atoms with van der Waals surface area (Å²) < 4.78 is 5.52. The lowest BCUT2D eigenvalue weighted by Crippen LogP contribution is -2.48. The minimum absolute atomic E-state index is 0.0686. The molecule has 2 fully saturated rings. The van der Waals surface area contributed by atoms with E-state index in [1.807, 2.05) is 6.92 Å². The fourth-order valence-corrected chi connectivity index (χ4v) is 3.95. The highest BCUT2D eigenvalue weighted by Crippen LogP contribution is 2.40. The van der Waals surface area contributed by atoms with Gasteiger partial charge in [0.1, 0.15) is 11.5 Å². The molecule has 0 N–H and O–H groups in total. The first-order chi connectivity index (χ1) is 11.4. The third-order valence-corrected chi connectivity index (χ3v) is 5.29. The van der Waals surface area contributed by atoms with Gasteiger partial charge in [0.25, 0.3) is 5.91 Å². The highest BCUT2D eigenvalue weighted by Gasteiger charge is 2.44. The van der Waals surface area contributed by atoms with Gasteiger partial charge in [0.2, 0.25) is 0 Å². The zero-order valence-electron chi connectivity index (χ0n) is 15.2. The maximum Gasteiger partial charge on any atom is 0.272 e. The van der Waals surface area contributed by atoms with Crippen molar-refractivity contribution in [1.29, 1.82) is 0 Å². The SMILES string of the molecule is Cc1cc(C(=O)N(C)C)nc([C@@]2(C)CCCN2C2CCOCC2)n1. The molecular weight excluding hydrogens is 304 g/mol. The van der Waals surface area contributed by atoms with Crippen molar-refractivity contribution in [2.75, 3.05) is 33.9 Å². The highest BCUT2D eigenvalue weighted by atomic mass is 16.5. The summed E-state index contributed by atoms with van der Waals surface area (Å²) in [7, 11) is 3.51. The molecule has 2 aliphatic heterocycles. The molecule has 24 heavy (non-hydrogen) atoms. The van der Waals surface area contributed by atoms with Crippen molar-refractivity contribution in [2.45, 2.75) is 51.1 Å². The van der Waals surface area contributed by atoms with Crippen LogP contribution in [0.25, 0.3) is 0 Å². The van der Waals surface area contributed by atoms with Crippen molar-refractivity contribution in [3.8, 4) is 0 Å². The number of rotatable bonds is 3. The Hall–Kier alpha value is -1.53. The number of aryl methyl sites for hydroxylation is 1. The molecule has 0 unspecified atom stereocenters. The summed E-state index contributed by atoms with van der Waals surface area (Å²) in [5.74, 6) is 0.720. The number of hydrogen-bond acceptors (Lipinski definition) is 5. The van der Waals surface area contributed by atoms with Crippen LogP contribution in [-0.4, -0.2) is 65.6 Å². The first kappa shape index (κ1) is 17.3. The van der Waals surface area contributed by atoms with Crippen molar-refractivity contribution < 1.29 is 9.53 Å². The normalized spacial score (nSPS) is 25.8. The molecule has 3 rings (SSSR count). The summed E-state index contributed by atoms with van der Waals surface area (Å²) in [5, 5.41) is 0. The molecule has 0 radical (unpaired) electrons. The topological polar surface area (TPSA) is 58.6 Å². The molecule has 0 aromatic carbocycles. The number of hydrogen-bond donors (Lipinski definition) is 0. The Morgan fingerprint density at radius 2 is 2.04 bits per heavy atom. The van der Waals surface area contributed by atoms with E-state index < -0.39 is 0 Å². The minimum atomic E-state index is -0.199. The van der Waals surface area contributed by atoms with Gasteiger partial charge in [-0.1, -0.05) is 0 Å². The van der Waals surface area contributed by atoms with Crippen LogP contribution in [0.15, 0.2) is 6.07 Å². The van der Waals surface area contributed by atoms with Crippen LogP contribution in [0.4, 0.5) is 0 Å². The smallest absolute Gasteiger partial charge is 0.272 e. The number of nitrogens with zero attached hydrogens (tertiary/aromatic N) is 4. The Labute approximate surface area is 144 Å². The van der Waals surface area contributed by atoms with Crippen LogP contribution in [0.5, 0.6) is 0 Å². The number of likely N-dealkylation sites (tertiary alicyclic amines) is 1. The fourth-order valence-electron chi connectivity index (χ4n) is 3.95. The lowest BCUT2D eigenvalue weighted by Gasteiger charge is -2.41. The quantitative estimate of drug-likeness (QED) is 0.847. The Bertz CT molecular complexity index is 613. The van der Waals surface area contributed by atoms with E-state index in [9.17, 15) is 4.79 Å². The molecule has 6 heteroatoms. The highest BCUT2D eigenvalue weighted by molar-refractivity contribution is 5.92. The molecule has 1 aromatic heterocycles. The lowest BCUT2D eigenvalue weighted by molar-refractivity contribution is 0.00191. The van der Waals surface area contributed by atoms with Crippen molar-refractivity contribution in [3.05, 3.63) is 23.3 Å². The number of carbonyl (C=O) groups is 1. The molecule has 132 valence electrons. The van der Waals surface area contributed by atoms with Crippen molar-refractivity contribution >= 4 is 5.91 Å². The average molecular weight is 332 g/mol. The molecule has 6 nitrogen and oxygen atoms in total. The Kier molecular flexibility index (Phi) is 4.88. The standard InChI is InChI=1S/C18H28N4O2/c1-13-12-15(16(23)21(3)4)20-17(19-13)18(2)8-5-9-22(18)14-6-10-24-11-7-14/h12,14H,5-11H2,1-4H3/t18-/m1/s1. The molecule has 1 amide bonds. The zero-order valence-corrected chi connectivity index (χ0v) is 15.2. The zero-order chi connectivity index (χ0) is 17.3. The summed E-state index contributed by atoms with van der Waals surface area (Å²) in [6.07, 6.45) is 4.29. The van der Waals surface area contributed by atoms with Gasteiger partial charge in [0, 0.05) is 39.0 Å². The third-order valence-electron chi connectivity index (χ3n) is 5.29. The molecule has 0 spiro atoms. The second kappa shape index (κ2) is 6.76. The number of carbonyl (C=O) groups excluding carboxylic acids is 1. The van der Waals surface area contributed by atoms with E-state index in [1.165, 1.54) is 0 Å². The largest absolute Gasteiger partial charge is 0.381 e. The van der Waals surface area contributed by atoms with E-state index in [-0.39, 0.29) is 11.4 Å². The Morgan fingerprint density at radius 3 is 2.71 bits per heavy atom. The van der Waals surface area contributed by atoms with Crippen LogP contribution in [0.2, 0.25) is 0 Å². The van der Waals surface area contributed by atoms with E-state index in [0.717, 1.165) is 57.0 Å². The summed E-state index contributed by atoms with van der Waals surface area (Å²) in [6.45, 7) is 6.89. The first-order valence-electron chi connectivity index (χ1n) is 8.84. The molecule has 0 bridgehead atoms. The monoisotopic (exact) mass is 332 g/mol. The first-order valence-corrected chi connectivity index (χ1v) is 8.84. The third kappa shape index (κ3) is 3.17. The molecular formula is C18H28N4O2. The van der Waals surface area contributed by atoms with Gasteiger partial charge < -0.3 is 9.64 Å². The van der Waals surface area contributed by atoms with Gasteiger partial charge in [-0.25, -0.2) is 9.97 Å².